The number of hydrogen-bond acceptors (Lipinski definition) is 6. The van der Waals surface area contributed by atoms with Crippen molar-refractivity contribution >= 4 is 28.7 Å². The zero-order valence-electron chi connectivity index (χ0n) is 10.2. The molecule has 8 nitrogen and oxygen atoms in total. The van der Waals surface area contributed by atoms with Gasteiger partial charge in [-0.05, 0) is 6.07 Å². The first-order valence-corrected chi connectivity index (χ1v) is 5.59. The van der Waals surface area contributed by atoms with E-state index in [-0.39, 0.29) is 24.0 Å². The molecule has 2 rings (SSSR count). The quantitative estimate of drug-likeness (QED) is 0.621. The number of nitro groups is 1. The number of nitrogens with zero attached hydrogens (tertiary/aromatic N) is 2. The van der Waals surface area contributed by atoms with Crippen molar-refractivity contribution in [3.05, 3.63) is 28.3 Å². The summed E-state index contributed by atoms with van der Waals surface area (Å²) in [5.74, 6) is -0.0979. The van der Waals surface area contributed by atoms with E-state index in [1.54, 1.807) is 7.05 Å². The molecule has 1 aromatic heterocycles. The van der Waals surface area contributed by atoms with Gasteiger partial charge in [-0.2, -0.15) is 4.98 Å². The van der Waals surface area contributed by atoms with Gasteiger partial charge in [0.05, 0.1) is 4.92 Å². The Labute approximate surface area is 108 Å². The number of anilines is 1. The maximum absolute atomic E-state index is 11.0. The molecule has 1 aromatic carbocycles. The molecule has 0 aliphatic rings. The largest absolute Gasteiger partial charge is 0.424 e. The van der Waals surface area contributed by atoms with Crippen LogP contribution in [0.3, 0.4) is 0 Å². The van der Waals surface area contributed by atoms with Crippen LogP contribution in [0.5, 0.6) is 0 Å². The van der Waals surface area contributed by atoms with Gasteiger partial charge in [0, 0.05) is 32.1 Å². The van der Waals surface area contributed by atoms with Crippen molar-refractivity contribution in [3.63, 3.8) is 0 Å². The molecule has 19 heavy (non-hydrogen) atoms. The molecule has 2 aromatic rings. The Balaban J connectivity index is 2.09. The second-order valence-corrected chi connectivity index (χ2v) is 3.78. The average molecular weight is 264 g/mol. The number of carbonyl (C=O) groups excluding carboxylic acids is 1. The highest BCUT2D eigenvalue weighted by molar-refractivity contribution is 5.78. The van der Waals surface area contributed by atoms with Crippen molar-refractivity contribution in [2.75, 3.05) is 18.9 Å². The third kappa shape index (κ3) is 2.97. The minimum absolute atomic E-state index is 0.0438. The second kappa shape index (κ2) is 5.34. The topological polar surface area (TPSA) is 110 Å². The van der Waals surface area contributed by atoms with Gasteiger partial charge in [-0.25, -0.2) is 0 Å². The van der Waals surface area contributed by atoms with Crippen LogP contribution in [0.1, 0.15) is 6.42 Å². The van der Waals surface area contributed by atoms with E-state index in [9.17, 15) is 14.9 Å². The molecule has 0 bridgehead atoms. The summed E-state index contributed by atoms with van der Waals surface area (Å²) in [6.45, 7) is 0.370. The van der Waals surface area contributed by atoms with E-state index in [1.165, 1.54) is 18.2 Å². The lowest BCUT2D eigenvalue weighted by molar-refractivity contribution is -0.384. The molecule has 8 heteroatoms. The molecule has 0 unspecified atom stereocenters. The third-order valence-corrected chi connectivity index (χ3v) is 2.49. The van der Waals surface area contributed by atoms with E-state index >= 15 is 0 Å². The molecule has 0 fully saturated rings. The minimum Gasteiger partial charge on any atom is -0.424 e. The standard InChI is InChI=1S/C11H12N4O4/c1-12-10(16)4-5-13-11-14-8-6-7(15(17)18)2-3-9(8)19-11/h2-3,6H,4-5H2,1H3,(H,12,16)(H,13,14). The molecule has 0 aliphatic heterocycles. The lowest BCUT2D eigenvalue weighted by Crippen LogP contribution is -2.20. The molecule has 0 aliphatic carbocycles. The molecule has 0 saturated heterocycles. The lowest BCUT2D eigenvalue weighted by Gasteiger charge is -1.99. The molecule has 1 amide bonds. The third-order valence-electron chi connectivity index (χ3n) is 2.49. The van der Waals surface area contributed by atoms with Crippen LogP contribution in [0.4, 0.5) is 11.7 Å². The summed E-state index contributed by atoms with van der Waals surface area (Å²) in [5.41, 5.74) is 0.808. The zero-order valence-corrected chi connectivity index (χ0v) is 10.2. The normalized spacial score (nSPS) is 10.4. The van der Waals surface area contributed by atoms with Gasteiger partial charge in [0.2, 0.25) is 5.91 Å². The SMILES string of the molecule is CNC(=O)CCNc1nc2cc([N+](=O)[O-])ccc2o1. The van der Waals surface area contributed by atoms with Crippen molar-refractivity contribution in [2.45, 2.75) is 6.42 Å². The van der Waals surface area contributed by atoms with Crippen molar-refractivity contribution in [1.29, 1.82) is 0 Å². The molecule has 1 heterocycles. The Morgan fingerprint density at radius 1 is 1.53 bits per heavy atom. The number of hydrogen-bond donors (Lipinski definition) is 2. The first-order chi connectivity index (χ1) is 9.10. The highest BCUT2D eigenvalue weighted by Gasteiger charge is 2.11. The van der Waals surface area contributed by atoms with E-state index in [0.29, 0.717) is 17.6 Å². The summed E-state index contributed by atoms with van der Waals surface area (Å²) in [6, 6.07) is 4.41. The first-order valence-electron chi connectivity index (χ1n) is 5.59. The van der Waals surface area contributed by atoms with Gasteiger partial charge in [-0.3, -0.25) is 14.9 Å². The van der Waals surface area contributed by atoms with Crippen molar-refractivity contribution in [2.24, 2.45) is 0 Å². The fourth-order valence-electron chi connectivity index (χ4n) is 1.51. The lowest BCUT2D eigenvalue weighted by atomic mass is 10.3. The Hall–Kier alpha value is -2.64. The van der Waals surface area contributed by atoms with E-state index < -0.39 is 4.92 Å². The number of nitro benzene ring substituents is 1. The number of non-ortho nitro benzene ring substituents is 1. The number of fused-ring (bicyclic) bond motifs is 1. The fourth-order valence-corrected chi connectivity index (χ4v) is 1.51. The molecular weight excluding hydrogens is 252 g/mol. The number of aromatic nitrogens is 1. The Morgan fingerprint density at radius 2 is 2.32 bits per heavy atom. The van der Waals surface area contributed by atoms with E-state index in [2.05, 4.69) is 15.6 Å². The Kier molecular flexibility index (Phi) is 3.60. The zero-order chi connectivity index (χ0) is 13.8. The van der Waals surface area contributed by atoms with Crippen LogP contribution in [0, 0.1) is 10.1 Å². The smallest absolute Gasteiger partial charge is 0.295 e. The van der Waals surface area contributed by atoms with Gasteiger partial charge in [-0.15, -0.1) is 0 Å². The summed E-state index contributed by atoms with van der Waals surface area (Å²) in [6.07, 6.45) is 0.287. The van der Waals surface area contributed by atoms with Crippen molar-refractivity contribution in [3.8, 4) is 0 Å². The van der Waals surface area contributed by atoms with Gasteiger partial charge < -0.3 is 15.1 Å². The van der Waals surface area contributed by atoms with Crippen LogP contribution < -0.4 is 10.6 Å². The summed E-state index contributed by atoms with van der Waals surface area (Å²) >= 11 is 0. The van der Waals surface area contributed by atoms with Crippen LogP contribution in [0.15, 0.2) is 22.6 Å². The van der Waals surface area contributed by atoms with Gasteiger partial charge in [0.15, 0.2) is 5.58 Å². The Bertz CT molecular complexity index is 622. The molecule has 0 atom stereocenters. The predicted octanol–water partition coefficient (Wildman–Crippen LogP) is 1.28. The molecule has 0 radical (unpaired) electrons. The fraction of sp³-hybridized carbons (Fsp3) is 0.273. The Morgan fingerprint density at radius 3 is 3.00 bits per heavy atom. The maximum Gasteiger partial charge on any atom is 0.295 e. The predicted molar refractivity (Wildman–Crippen MR) is 67.8 cm³/mol. The average Bonchev–Trinajstić information content (AvgIpc) is 2.79. The summed E-state index contributed by atoms with van der Waals surface area (Å²) in [7, 11) is 1.56. The van der Waals surface area contributed by atoms with Gasteiger partial charge in [-0.1, -0.05) is 0 Å². The van der Waals surface area contributed by atoms with Crippen LogP contribution >= 0.6 is 0 Å². The molecule has 0 saturated carbocycles. The first kappa shape index (κ1) is 12.8. The number of amides is 1. The summed E-state index contributed by atoms with van der Waals surface area (Å²) in [5, 5.41) is 16.0. The van der Waals surface area contributed by atoms with Crippen molar-refractivity contribution < 1.29 is 14.1 Å². The molecule has 100 valence electrons. The number of carbonyl (C=O) groups is 1. The van der Waals surface area contributed by atoms with Gasteiger partial charge >= 0.3 is 0 Å². The van der Waals surface area contributed by atoms with Gasteiger partial charge in [0.25, 0.3) is 11.7 Å². The molecular formula is C11H12N4O4. The maximum atomic E-state index is 11.0. The second-order valence-electron chi connectivity index (χ2n) is 3.78. The molecule has 2 N–H and O–H groups in total. The van der Waals surface area contributed by atoms with Crippen LogP contribution in [-0.2, 0) is 4.79 Å². The van der Waals surface area contributed by atoms with E-state index in [4.69, 9.17) is 4.42 Å². The van der Waals surface area contributed by atoms with E-state index in [1.807, 2.05) is 0 Å². The summed E-state index contributed by atoms with van der Waals surface area (Å²) < 4.78 is 5.34. The van der Waals surface area contributed by atoms with Crippen LogP contribution in [0.25, 0.3) is 11.1 Å². The minimum atomic E-state index is -0.493. The molecule has 0 spiro atoms. The monoisotopic (exact) mass is 264 g/mol. The number of rotatable bonds is 5. The van der Waals surface area contributed by atoms with Crippen LogP contribution in [0.2, 0.25) is 0 Å². The van der Waals surface area contributed by atoms with Gasteiger partial charge in [0.1, 0.15) is 5.52 Å². The number of oxazole rings is 1. The number of nitrogens with one attached hydrogen (secondary N) is 2. The highest BCUT2D eigenvalue weighted by atomic mass is 16.6. The number of benzene rings is 1. The highest BCUT2D eigenvalue weighted by Crippen LogP contribution is 2.23. The summed E-state index contributed by atoms with van der Waals surface area (Å²) in [4.78, 5) is 25.2. The van der Waals surface area contributed by atoms with E-state index in [0.717, 1.165) is 0 Å². The van der Waals surface area contributed by atoms with Crippen molar-refractivity contribution in [1.82, 2.24) is 10.3 Å². The van der Waals surface area contributed by atoms with Crippen LogP contribution in [-0.4, -0.2) is 29.4 Å².